The normalized spacial score (nSPS) is 21.4. The highest BCUT2D eigenvalue weighted by atomic mass is 79.9. The molecule has 0 aromatic carbocycles. The van der Waals surface area contributed by atoms with Gasteiger partial charge in [0.2, 0.25) is 0 Å². The highest BCUT2D eigenvalue weighted by Crippen LogP contribution is 2.26. The van der Waals surface area contributed by atoms with Gasteiger partial charge in [-0.25, -0.2) is 0 Å². The molecule has 1 aromatic heterocycles. The van der Waals surface area contributed by atoms with E-state index in [-0.39, 0.29) is 0 Å². The van der Waals surface area contributed by atoms with Crippen molar-refractivity contribution in [3.05, 3.63) is 20.8 Å². The maximum atomic E-state index is 10.6. The lowest BCUT2D eigenvalue weighted by Gasteiger charge is -2.13. The van der Waals surface area contributed by atoms with Crippen LogP contribution in [0.25, 0.3) is 0 Å². The summed E-state index contributed by atoms with van der Waals surface area (Å²) < 4.78 is 1.16. The minimum Gasteiger partial charge on any atom is -0.481 e. The van der Waals surface area contributed by atoms with Gasteiger partial charge in [-0.2, -0.15) is 0 Å². The fourth-order valence-electron chi connectivity index (χ4n) is 2.13. The van der Waals surface area contributed by atoms with Gasteiger partial charge >= 0.3 is 5.97 Å². The van der Waals surface area contributed by atoms with Crippen LogP contribution in [0.5, 0.6) is 0 Å². The van der Waals surface area contributed by atoms with Crippen molar-refractivity contribution in [3.63, 3.8) is 0 Å². The molecule has 1 atom stereocenters. The maximum absolute atomic E-state index is 10.6. The number of rotatable bonds is 4. The molecule has 0 bridgehead atoms. The summed E-state index contributed by atoms with van der Waals surface area (Å²) in [7, 11) is 0. The van der Waals surface area contributed by atoms with Gasteiger partial charge in [-0.05, 0) is 46.9 Å². The second-order valence-corrected chi connectivity index (χ2v) is 6.74. The van der Waals surface area contributed by atoms with Crippen LogP contribution in [0.1, 0.15) is 17.7 Å². The summed E-state index contributed by atoms with van der Waals surface area (Å²) in [6, 6.07) is 4.18. The summed E-state index contributed by atoms with van der Waals surface area (Å²) in [5.74, 6) is -0.341. The van der Waals surface area contributed by atoms with Crippen LogP contribution in [0.3, 0.4) is 0 Å². The standard InChI is InChI=1S/C11H14BrNO2S/c12-10-2-1-9(16-10)7-13-4-3-8(6-13)5-11(14)15/h1-2,8H,3-7H2,(H,14,15). The molecule has 1 saturated heterocycles. The van der Waals surface area contributed by atoms with Crippen molar-refractivity contribution in [2.75, 3.05) is 13.1 Å². The number of carboxylic acid groups (broad SMARTS) is 1. The van der Waals surface area contributed by atoms with Crippen molar-refractivity contribution in [3.8, 4) is 0 Å². The molecule has 0 spiro atoms. The van der Waals surface area contributed by atoms with E-state index in [9.17, 15) is 4.79 Å². The zero-order chi connectivity index (χ0) is 11.5. The fourth-order valence-corrected chi connectivity index (χ4v) is 3.65. The third kappa shape index (κ3) is 3.30. The Morgan fingerprint density at radius 3 is 3.06 bits per heavy atom. The Balaban J connectivity index is 1.82. The van der Waals surface area contributed by atoms with E-state index < -0.39 is 5.97 Å². The quantitative estimate of drug-likeness (QED) is 0.930. The third-order valence-corrected chi connectivity index (χ3v) is 4.45. The molecule has 1 aliphatic rings. The van der Waals surface area contributed by atoms with E-state index in [0.29, 0.717) is 12.3 Å². The van der Waals surface area contributed by atoms with Gasteiger partial charge in [-0.15, -0.1) is 11.3 Å². The monoisotopic (exact) mass is 303 g/mol. The molecule has 1 unspecified atom stereocenters. The molecule has 1 N–H and O–H groups in total. The lowest BCUT2D eigenvalue weighted by Crippen LogP contribution is -2.20. The first kappa shape index (κ1) is 12.1. The molecule has 0 aliphatic carbocycles. The van der Waals surface area contributed by atoms with Gasteiger partial charge in [-0.1, -0.05) is 0 Å². The smallest absolute Gasteiger partial charge is 0.303 e. The number of carbonyl (C=O) groups is 1. The molecular weight excluding hydrogens is 290 g/mol. The number of nitrogens with zero attached hydrogens (tertiary/aromatic N) is 1. The Labute approximate surface area is 107 Å². The summed E-state index contributed by atoms with van der Waals surface area (Å²) in [5.41, 5.74) is 0. The number of hydrogen-bond donors (Lipinski definition) is 1. The molecule has 1 aromatic rings. The highest BCUT2D eigenvalue weighted by Gasteiger charge is 2.24. The Hall–Kier alpha value is -0.390. The fraction of sp³-hybridized carbons (Fsp3) is 0.545. The van der Waals surface area contributed by atoms with Crippen LogP contribution in [0.2, 0.25) is 0 Å². The van der Waals surface area contributed by atoms with Crippen LogP contribution in [-0.4, -0.2) is 29.1 Å². The molecule has 16 heavy (non-hydrogen) atoms. The van der Waals surface area contributed by atoms with Crippen LogP contribution < -0.4 is 0 Å². The average Bonchev–Trinajstić information content (AvgIpc) is 2.76. The average molecular weight is 304 g/mol. The summed E-state index contributed by atoms with van der Waals surface area (Å²) >= 11 is 5.20. The first-order chi connectivity index (χ1) is 7.63. The number of likely N-dealkylation sites (tertiary alicyclic amines) is 1. The van der Waals surface area contributed by atoms with Crippen molar-refractivity contribution >= 4 is 33.2 Å². The van der Waals surface area contributed by atoms with E-state index in [1.165, 1.54) is 4.88 Å². The summed E-state index contributed by atoms with van der Waals surface area (Å²) in [6.45, 7) is 2.89. The third-order valence-electron chi connectivity index (χ3n) is 2.84. The Kier molecular flexibility index (Phi) is 4.00. The largest absolute Gasteiger partial charge is 0.481 e. The topological polar surface area (TPSA) is 40.5 Å². The van der Waals surface area contributed by atoms with E-state index in [1.807, 2.05) is 0 Å². The van der Waals surface area contributed by atoms with Gasteiger partial charge < -0.3 is 5.11 Å². The minimum absolute atomic E-state index is 0.310. The number of thiophene rings is 1. The van der Waals surface area contributed by atoms with E-state index >= 15 is 0 Å². The van der Waals surface area contributed by atoms with Crippen molar-refractivity contribution in [1.29, 1.82) is 0 Å². The predicted octanol–water partition coefficient (Wildman–Crippen LogP) is 2.81. The number of halogens is 1. The number of aliphatic carboxylic acids is 1. The summed E-state index contributed by atoms with van der Waals surface area (Å²) in [5, 5.41) is 8.73. The van der Waals surface area contributed by atoms with Gasteiger partial charge in [0.25, 0.3) is 0 Å². The first-order valence-electron chi connectivity index (χ1n) is 5.32. The van der Waals surface area contributed by atoms with Crippen LogP contribution in [0.15, 0.2) is 15.9 Å². The minimum atomic E-state index is -0.675. The lowest BCUT2D eigenvalue weighted by molar-refractivity contribution is -0.138. The molecule has 2 rings (SSSR count). The van der Waals surface area contributed by atoms with Crippen LogP contribution in [0.4, 0.5) is 0 Å². The maximum Gasteiger partial charge on any atom is 0.303 e. The van der Waals surface area contributed by atoms with Crippen molar-refractivity contribution in [2.45, 2.75) is 19.4 Å². The SMILES string of the molecule is O=C(O)CC1CCN(Cc2ccc(Br)s2)C1. The summed E-state index contributed by atoms with van der Waals surface area (Å²) in [6.07, 6.45) is 1.32. The van der Waals surface area contributed by atoms with Gasteiger partial charge in [-0.3, -0.25) is 9.69 Å². The first-order valence-corrected chi connectivity index (χ1v) is 6.93. The van der Waals surface area contributed by atoms with Crippen molar-refractivity contribution in [1.82, 2.24) is 4.90 Å². The molecule has 1 fully saturated rings. The second kappa shape index (κ2) is 5.29. The highest BCUT2D eigenvalue weighted by molar-refractivity contribution is 9.11. The Bertz CT molecular complexity index is 380. The lowest BCUT2D eigenvalue weighted by atomic mass is 10.1. The zero-order valence-corrected chi connectivity index (χ0v) is 11.3. The van der Waals surface area contributed by atoms with Crippen LogP contribution >= 0.6 is 27.3 Å². The van der Waals surface area contributed by atoms with E-state index in [1.54, 1.807) is 11.3 Å². The molecule has 3 nitrogen and oxygen atoms in total. The van der Waals surface area contributed by atoms with E-state index in [0.717, 1.165) is 29.8 Å². The summed E-state index contributed by atoms with van der Waals surface area (Å²) in [4.78, 5) is 14.3. The van der Waals surface area contributed by atoms with Gasteiger partial charge in [0.05, 0.1) is 3.79 Å². The van der Waals surface area contributed by atoms with Gasteiger partial charge in [0.1, 0.15) is 0 Å². The van der Waals surface area contributed by atoms with Gasteiger partial charge in [0, 0.05) is 24.4 Å². The zero-order valence-electron chi connectivity index (χ0n) is 8.86. The molecule has 0 saturated carbocycles. The van der Waals surface area contributed by atoms with Gasteiger partial charge in [0.15, 0.2) is 0 Å². The van der Waals surface area contributed by atoms with Crippen molar-refractivity contribution in [2.24, 2.45) is 5.92 Å². The number of carboxylic acids is 1. The predicted molar refractivity (Wildman–Crippen MR) is 67.7 cm³/mol. The van der Waals surface area contributed by atoms with Crippen LogP contribution in [0, 0.1) is 5.92 Å². The van der Waals surface area contributed by atoms with E-state index in [2.05, 4.69) is 33.0 Å². The van der Waals surface area contributed by atoms with E-state index in [4.69, 9.17) is 5.11 Å². The molecule has 5 heteroatoms. The molecule has 0 amide bonds. The molecule has 1 aliphatic heterocycles. The number of hydrogen-bond acceptors (Lipinski definition) is 3. The molecule has 2 heterocycles. The Morgan fingerprint density at radius 2 is 2.44 bits per heavy atom. The molecule has 0 radical (unpaired) electrons. The molecular formula is C11H14BrNO2S. The second-order valence-electron chi connectivity index (χ2n) is 4.19. The van der Waals surface area contributed by atoms with Crippen molar-refractivity contribution < 1.29 is 9.90 Å². The van der Waals surface area contributed by atoms with Crippen LogP contribution in [-0.2, 0) is 11.3 Å². The Morgan fingerprint density at radius 1 is 1.62 bits per heavy atom. The molecule has 88 valence electrons.